The first-order chi connectivity index (χ1) is 14.7. The zero-order valence-corrected chi connectivity index (χ0v) is 16.8. The zero-order valence-electron chi connectivity index (χ0n) is 16.8. The second-order valence-electron chi connectivity index (χ2n) is 8.01. The van der Waals surface area contributed by atoms with E-state index >= 15 is 0 Å². The van der Waals surface area contributed by atoms with E-state index in [0.717, 1.165) is 30.8 Å². The minimum Gasteiger partial charge on any atom is -0.406 e. The molecule has 0 aliphatic carbocycles. The normalized spacial score (nSPS) is 19.2. The van der Waals surface area contributed by atoms with E-state index in [1.807, 2.05) is 29.6 Å². The van der Waals surface area contributed by atoms with E-state index < -0.39 is 0 Å². The first-order valence-corrected chi connectivity index (χ1v) is 10.2. The first kappa shape index (κ1) is 18.5. The Morgan fingerprint density at radius 2 is 2.13 bits per heavy atom. The average Bonchev–Trinajstić information content (AvgIpc) is 3.50. The van der Waals surface area contributed by atoms with Crippen LogP contribution in [-0.2, 0) is 6.54 Å². The molecule has 0 spiro atoms. The lowest BCUT2D eigenvalue weighted by molar-refractivity contribution is -0.0675. The fourth-order valence-corrected chi connectivity index (χ4v) is 4.35. The number of nitrogens with zero attached hydrogens (tertiary/aromatic N) is 4. The number of rotatable bonds is 5. The van der Waals surface area contributed by atoms with Gasteiger partial charge in [0.25, 0.3) is 0 Å². The van der Waals surface area contributed by atoms with Crippen LogP contribution < -0.4 is 4.84 Å². The molecular formula is C24H23N5O. The number of aromatic nitrogens is 3. The lowest BCUT2D eigenvalue weighted by Crippen LogP contribution is -2.31. The Labute approximate surface area is 175 Å². The highest BCUT2D eigenvalue weighted by molar-refractivity contribution is 5.85. The second kappa shape index (κ2) is 7.69. The third-order valence-electron chi connectivity index (χ3n) is 5.85. The van der Waals surface area contributed by atoms with Crippen molar-refractivity contribution in [3.63, 3.8) is 0 Å². The number of H-pyrrole nitrogens is 1. The van der Waals surface area contributed by atoms with E-state index in [-0.39, 0.29) is 0 Å². The summed E-state index contributed by atoms with van der Waals surface area (Å²) >= 11 is 0. The second-order valence-corrected chi connectivity index (χ2v) is 8.01. The largest absolute Gasteiger partial charge is 0.406 e. The smallest absolute Gasteiger partial charge is 0.148 e. The maximum absolute atomic E-state index is 9.09. The summed E-state index contributed by atoms with van der Waals surface area (Å²) in [5.41, 5.74) is 4.13. The predicted molar refractivity (Wildman–Crippen MR) is 116 cm³/mol. The van der Waals surface area contributed by atoms with Gasteiger partial charge in [-0.05, 0) is 55.2 Å². The fraction of sp³-hybridized carbons (Fsp3) is 0.250. The van der Waals surface area contributed by atoms with Gasteiger partial charge in [-0.1, -0.05) is 12.1 Å². The predicted octanol–water partition coefficient (Wildman–Crippen LogP) is 4.61. The van der Waals surface area contributed by atoms with Crippen molar-refractivity contribution >= 4 is 10.9 Å². The SMILES string of the molecule is C[C@H]1C[C@H](Cn2ccc3cc(-c4cn[nH]c4)ccc32)CN1Oc1cccc(C#N)c1. The van der Waals surface area contributed by atoms with Crippen LogP contribution in [0.4, 0.5) is 0 Å². The lowest BCUT2D eigenvalue weighted by Gasteiger charge is -2.21. The van der Waals surface area contributed by atoms with Crippen LogP contribution in [-0.4, -0.2) is 32.4 Å². The minimum absolute atomic E-state index is 0.329. The Kier molecular flexibility index (Phi) is 4.74. The van der Waals surface area contributed by atoms with Crippen LogP contribution in [0.25, 0.3) is 22.0 Å². The van der Waals surface area contributed by atoms with Crippen molar-refractivity contribution in [1.82, 2.24) is 19.8 Å². The molecule has 3 heterocycles. The molecule has 0 saturated carbocycles. The first-order valence-electron chi connectivity index (χ1n) is 10.2. The molecule has 1 fully saturated rings. The maximum atomic E-state index is 9.09. The Hall–Kier alpha value is -3.56. The van der Waals surface area contributed by atoms with Gasteiger partial charge in [-0.2, -0.15) is 10.4 Å². The van der Waals surface area contributed by atoms with Gasteiger partial charge in [-0.25, -0.2) is 0 Å². The van der Waals surface area contributed by atoms with Crippen LogP contribution in [0.15, 0.2) is 67.1 Å². The molecule has 6 nitrogen and oxygen atoms in total. The monoisotopic (exact) mass is 397 g/mol. The van der Waals surface area contributed by atoms with Gasteiger partial charge in [0.15, 0.2) is 0 Å². The summed E-state index contributed by atoms with van der Waals surface area (Å²) in [7, 11) is 0. The minimum atomic E-state index is 0.329. The van der Waals surface area contributed by atoms with Crippen molar-refractivity contribution in [3.05, 3.63) is 72.7 Å². The van der Waals surface area contributed by atoms with Crippen LogP contribution >= 0.6 is 0 Å². The Bertz CT molecular complexity index is 1200. The molecule has 30 heavy (non-hydrogen) atoms. The highest BCUT2D eigenvalue weighted by Gasteiger charge is 2.31. The summed E-state index contributed by atoms with van der Waals surface area (Å²) in [4.78, 5) is 6.09. The molecule has 1 N–H and O–H groups in total. The van der Waals surface area contributed by atoms with Crippen molar-refractivity contribution in [2.45, 2.75) is 25.9 Å². The van der Waals surface area contributed by atoms with Gasteiger partial charge in [0.2, 0.25) is 0 Å². The van der Waals surface area contributed by atoms with Crippen molar-refractivity contribution in [3.8, 4) is 22.9 Å². The van der Waals surface area contributed by atoms with Crippen molar-refractivity contribution in [1.29, 1.82) is 5.26 Å². The quantitative estimate of drug-likeness (QED) is 0.534. The summed E-state index contributed by atoms with van der Waals surface area (Å²) in [6, 6.07) is 18.6. The molecule has 2 aromatic carbocycles. The molecule has 0 unspecified atom stereocenters. The highest BCUT2D eigenvalue weighted by Crippen LogP contribution is 2.29. The van der Waals surface area contributed by atoms with Gasteiger partial charge in [0.05, 0.1) is 17.8 Å². The van der Waals surface area contributed by atoms with E-state index in [1.165, 1.54) is 16.5 Å². The topological polar surface area (TPSA) is 69.9 Å². The van der Waals surface area contributed by atoms with Crippen LogP contribution in [0.3, 0.4) is 0 Å². The summed E-state index contributed by atoms with van der Waals surface area (Å²) in [5, 5.41) is 19.3. The number of fused-ring (bicyclic) bond motifs is 1. The summed E-state index contributed by atoms with van der Waals surface area (Å²) in [6.07, 6.45) is 7.01. The standard InChI is InChI=1S/C24H23N5O/c1-17-9-19(16-29(17)30-23-4-2-3-18(10-23)12-25)15-28-8-7-21-11-20(5-6-24(21)28)22-13-26-27-14-22/h2-8,10-11,13-14,17,19H,9,15-16H2,1H3,(H,26,27)/t17-,19+/m0/s1. The third kappa shape index (κ3) is 3.56. The molecule has 0 bridgehead atoms. The molecular weight excluding hydrogens is 374 g/mol. The molecule has 0 amide bonds. The molecule has 1 saturated heterocycles. The number of hydrogen-bond donors (Lipinski definition) is 1. The Balaban J connectivity index is 1.29. The van der Waals surface area contributed by atoms with Crippen molar-refractivity contribution in [2.75, 3.05) is 6.54 Å². The molecule has 1 aliphatic heterocycles. The molecule has 0 radical (unpaired) electrons. The third-order valence-corrected chi connectivity index (χ3v) is 5.85. The average molecular weight is 397 g/mol. The maximum Gasteiger partial charge on any atom is 0.148 e. The van der Waals surface area contributed by atoms with Crippen LogP contribution in [0.5, 0.6) is 5.75 Å². The zero-order chi connectivity index (χ0) is 20.5. The van der Waals surface area contributed by atoms with E-state index in [1.54, 1.807) is 12.1 Å². The molecule has 1 aliphatic rings. The molecule has 2 aromatic heterocycles. The lowest BCUT2D eigenvalue weighted by atomic mass is 10.1. The number of aromatic amines is 1. The number of hydrogen-bond acceptors (Lipinski definition) is 4. The molecule has 6 heteroatoms. The van der Waals surface area contributed by atoms with Gasteiger partial charge in [-0.3, -0.25) is 5.10 Å². The van der Waals surface area contributed by atoms with Crippen molar-refractivity contribution in [2.24, 2.45) is 5.92 Å². The Morgan fingerprint density at radius 3 is 2.97 bits per heavy atom. The molecule has 150 valence electrons. The van der Waals surface area contributed by atoms with Gasteiger partial charge in [0, 0.05) is 54.1 Å². The number of nitriles is 1. The van der Waals surface area contributed by atoms with E-state index in [2.05, 4.69) is 58.2 Å². The highest BCUT2D eigenvalue weighted by atomic mass is 16.7. The molecule has 4 aromatic rings. The van der Waals surface area contributed by atoms with Gasteiger partial charge < -0.3 is 9.40 Å². The summed E-state index contributed by atoms with van der Waals surface area (Å²) in [6.45, 7) is 4.01. The van der Waals surface area contributed by atoms with Crippen LogP contribution in [0.2, 0.25) is 0 Å². The van der Waals surface area contributed by atoms with Gasteiger partial charge in [0.1, 0.15) is 5.75 Å². The van der Waals surface area contributed by atoms with E-state index in [9.17, 15) is 0 Å². The van der Waals surface area contributed by atoms with Gasteiger partial charge >= 0.3 is 0 Å². The number of benzene rings is 2. The number of nitrogens with one attached hydrogen (secondary N) is 1. The Morgan fingerprint density at radius 1 is 1.20 bits per heavy atom. The van der Waals surface area contributed by atoms with Crippen molar-refractivity contribution < 1.29 is 4.84 Å². The van der Waals surface area contributed by atoms with E-state index in [4.69, 9.17) is 10.1 Å². The molecule has 2 atom stereocenters. The fourth-order valence-electron chi connectivity index (χ4n) is 4.35. The summed E-state index contributed by atoms with van der Waals surface area (Å²) < 4.78 is 2.34. The van der Waals surface area contributed by atoms with Crippen LogP contribution in [0, 0.1) is 17.2 Å². The van der Waals surface area contributed by atoms with Crippen LogP contribution in [0.1, 0.15) is 18.9 Å². The summed E-state index contributed by atoms with van der Waals surface area (Å²) in [5.74, 6) is 1.23. The van der Waals surface area contributed by atoms with E-state index in [0.29, 0.717) is 17.5 Å². The van der Waals surface area contributed by atoms with Gasteiger partial charge in [-0.15, -0.1) is 5.06 Å². The molecule has 5 rings (SSSR count). The number of hydroxylamine groups is 2.